The van der Waals surface area contributed by atoms with Gasteiger partial charge in [0, 0.05) is 37.8 Å². The maximum Gasteiger partial charge on any atom is 0.255 e. The highest BCUT2D eigenvalue weighted by Crippen LogP contribution is 2.32. The van der Waals surface area contributed by atoms with Crippen molar-refractivity contribution in [2.24, 2.45) is 5.92 Å². The maximum atomic E-state index is 13.2. The third-order valence-corrected chi connectivity index (χ3v) is 7.99. The summed E-state index contributed by atoms with van der Waals surface area (Å²) in [6, 6.07) is 11.6. The smallest absolute Gasteiger partial charge is 0.255 e. The molecule has 2 aromatic rings. The first-order chi connectivity index (χ1) is 17.9. The first kappa shape index (κ1) is 25.7. The second kappa shape index (κ2) is 11.2. The lowest BCUT2D eigenvalue weighted by Crippen LogP contribution is -2.49. The molecule has 198 valence electrons. The van der Waals surface area contributed by atoms with Gasteiger partial charge in [0.2, 0.25) is 0 Å². The summed E-state index contributed by atoms with van der Waals surface area (Å²) in [5.41, 5.74) is 4.36. The van der Waals surface area contributed by atoms with E-state index in [4.69, 9.17) is 4.74 Å². The minimum absolute atomic E-state index is 0.0147. The molecule has 2 atom stereocenters. The number of carbonyl (C=O) groups is 2. The third kappa shape index (κ3) is 5.66. The second-order valence-corrected chi connectivity index (χ2v) is 10.6. The van der Waals surface area contributed by atoms with Gasteiger partial charge < -0.3 is 30.3 Å². The zero-order valence-corrected chi connectivity index (χ0v) is 21.8. The molecule has 0 aromatic heterocycles. The largest absolute Gasteiger partial charge is 0.493 e. The van der Waals surface area contributed by atoms with Gasteiger partial charge in [0.05, 0.1) is 18.3 Å². The Bertz CT molecular complexity index is 1140. The number of ether oxygens (including phenoxy) is 1. The Morgan fingerprint density at radius 2 is 1.95 bits per heavy atom. The molecule has 2 amide bonds. The fourth-order valence-electron chi connectivity index (χ4n) is 5.74. The number of nitrogens with zero attached hydrogens (tertiary/aromatic N) is 2. The van der Waals surface area contributed by atoms with Crippen LogP contribution in [-0.4, -0.2) is 78.7 Å². The molecule has 0 radical (unpaired) electrons. The Kier molecular flexibility index (Phi) is 7.79. The highest BCUT2D eigenvalue weighted by atomic mass is 16.5. The molecule has 8 heteroatoms. The maximum absolute atomic E-state index is 13.2. The molecule has 0 spiro atoms. The number of carbonyl (C=O) groups excluding carboxylic acids is 2. The van der Waals surface area contributed by atoms with Crippen LogP contribution in [0.3, 0.4) is 0 Å². The number of likely N-dealkylation sites (tertiary alicyclic amines) is 1. The van der Waals surface area contributed by atoms with Gasteiger partial charge in [-0.25, -0.2) is 0 Å². The summed E-state index contributed by atoms with van der Waals surface area (Å²) in [4.78, 5) is 30.6. The Labute approximate surface area is 219 Å². The Morgan fingerprint density at radius 1 is 1.19 bits per heavy atom. The monoisotopic (exact) mass is 506 g/mol. The Morgan fingerprint density at radius 3 is 2.70 bits per heavy atom. The Balaban J connectivity index is 1.24. The van der Waals surface area contributed by atoms with Crippen molar-refractivity contribution in [1.82, 2.24) is 20.4 Å². The third-order valence-electron chi connectivity index (χ3n) is 7.99. The van der Waals surface area contributed by atoms with Crippen molar-refractivity contribution in [3.63, 3.8) is 0 Å². The van der Waals surface area contributed by atoms with E-state index in [1.807, 2.05) is 24.0 Å². The van der Waals surface area contributed by atoms with Crippen molar-refractivity contribution in [2.45, 2.75) is 51.4 Å². The lowest BCUT2D eigenvalue weighted by molar-refractivity contribution is 0.0722. The van der Waals surface area contributed by atoms with E-state index in [0.29, 0.717) is 48.9 Å². The molecular formula is C29H38N4O4. The predicted octanol–water partition coefficient (Wildman–Crippen LogP) is 2.19. The van der Waals surface area contributed by atoms with Gasteiger partial charge in [-0.05, 0) is 81.1 Å². The van der Waals surface area contributed by atoms with Crippen LogP contribution in [0, 0.1) is 5.92 Å². The van der Waals surface area contributed by atoms with Crippen LogP contribution in [0.4, 0.5) is 0 Å². The number of piperidine rings is 1. The quantitative estimate of drug-likeness (QED) is 0.508. The summed E-state index contributed by atoms with van der Waals surface area (Å²) in [6.45, 7) is 6.47. The molecule has 5 rings (SSSR count). The van der Waals surface area contributed by atoms with Crippen LogP contribution in [0.5, 0.6) is 5.75 Å². The number of aliphatic hydroxyl groups is 1. The van der Waals surface area contributed by atoms with Crippen LogP contribution in [0.25, 0.3) is 0 Å². The number of nitrogens with one attached hydrogen (secondary N) is 2. The fraction of sp³-hybridized carbons (Fsp3) is 0.517. The van der Waals surface area contributed by atoms with Crippen LogP contribution >= 0.6 is 0 Å². The number of fused-ring (bicyclic) bond motifs is 2. The molecule has 1 saturated heterocycles. The highest BCUT2D eigenvalue weighted by molar-refractivity contribution is 6.03. The van der Waals surface area contributed by atoms with Gasteiger partial charge in [0.15, 0.2) is 0 Å². The SMILES string of the molecule is CCOc1cc2c(cc1C(=O)NCC(O)[C@@H]1Cc3ccccc3CN1)CN(CC1CCN(C)CC1)C2=O. The van der Waals surface area contributed by atoms with Crippen molar-refractivity contribution in [1.29, 1.82) is 0 Å². The number of hydrogen-bond acceptors (Lipinski definition) is 6. The number of rotatable bonds is 8. The van der Waals surface area contributed by atoms with Gasteiger partial charge in [-0.15, -0.1) is 0 Å². The average molecular weight is 507 g/mol. The van der Waals surface area contributed by atoms with E-state index >= 15 is 0 Å². The summed E-state index contributed by atoms with van der Waals surface area (Å²) in [5.74, 6) is 0.626. The van der Waals surface area contributed by atoms with Crippen molar-refractivity contribution < 1.29 is 19.4 Å². The average Bonchev–Trinajstić information content (AvgIpc) is 3.21. The highest BCUT2D eigenvalue weighted by Gasteiger charge is 2.33. The Hall–Kier alpha value is -2.94. The van der Waals surface area contributed by atoms with Crippen molar-refractivity contribution >= 4 is 11.8 Å². The molecule has 0 bridgehead atoms. The van der Waals surface area contributed by atoms with Gasteiger partial charge >= 0.3 is 0 Å². The zero-order valence-electron chi connectivity index (χ0n) is 21.8. The first-order valence-electron chi connectivity index (χ1n) is 13.5. The van der Waals surface area contributed by atoms with Crippen molar-refractivity contribution in [3.8, 4) is 5.75 Å². The minimum atomic E-state index is -0.728. The normalized spacial score (nSPS) is 20.9. The first-order valence-corrected chi connectivity index (χ1v) is 13.5. The summed E-state index contributed by atoms with van der Waals surface area (Å²) in [5, 5.41) is 17.1. The molecule has 1 unspecified atom stereocenters. The van der Waals surface area contributed by atoms with Crippen molar-refractivity contribution in [2.75, 3.05) is 39.8 Å². The number of benzene rings is 2. The van der Waals surface area contributed by atoms with E-state index in [1.165, 1.54) is 11.1 Å². The van der Waals surface area contributed by atoms with E-state index in [1.54, 1.807) is 12.1 Å². The lowest BCUT2D eigenvalue weighted by Gasteiger charge is -2.31. The molecule has 8 nitrogen and oxygen atoms in total. The molecular weight excluding hydrogens is 468 g/mol. The molecule has 2 aromatic carbocycles. The summed E-state index contributed by atoms with van der Waals surface area (Å²) >= 11 is 0. The van der Waals surface area contributed by atoms with Crippen LogP contribution in [0.2, 0.25) is 0 Å². The van der Waals surface area contributed by atoms with Crippen LogP contribution < -0.4 is 15.4 Å². The van der Waals surface area contributed by atoms with Crippen LogP contribution in [-0.2, 0) is 19.5 Å². The van der Waals surface area contributed by atoms with E-state index < -0.39 is 6.10 Å². The van der Waals surface area contributed by atoms with Gasteiger partial charge in [-0.3, -0.25) is 9.59 Å². The van der Waals surface area contributed by atoms with Gasteiger partial charge in [0.1, 0.15) is 5.75 Å². The number of hydrogen-bond donors (Lipinski definition) is 3. The van der Waals surface area contributed by atoms with Gasteiger partial charge in [-0.2, -0.15) is 0 Å². The van der Waals surface area contributed by atoms with Crippen LogP contribution in [0.1, 0.15) is 57.2 Å². The molecule has 3 N–H and O–H groups in total. The lowest BCUT2D eigenvalue weighted by atomic mass is 9.93. The van der Waals surface area contributed by atoms with Gasteiger partial charge in [0.25, 0.3) is 11.8 Å². The number of aliphatic hydroxyl groups excluding tert-OH is 1. The summed E-state index contributed by atoms with van der Waals surface area (Å²) < 4.78 is 5.78. The van der Waals surface area contributed by atoms with E-state index in [0.717, 1.165) is 38.0 Å². The summed E-state index contributed by atoms with van der Waals surface area (Å²) in [7, 11) is 2.14. The number of amides is 2. The minimum Gasteiger partial charge on any atom is -0.493 e. The second-order valence-electron chi connectivity index (χ2n) is 10.6. The molecule has 1 fully saturated rings. The van der Waals surface area contributed by atoms with Gasteiger partial charge in [-0.1, -0.05) is 24.3 Å². The standard InChI is InChI=1S/C29H38N4O4/c1-3-37-27-14-23-22(18-33(29(23)36)17-19-8-10-32(2)11-9-19)12-24(27)28(35)31-16-26(34)25-13-20-6-4-5-7-21(20)15-30-25/h4-7,12,14,19,25-26,30,34H,3,8-11,13,15-18H2,1-2H3,(H,31,35)/t25-,26?/m0/s1. The zero-order chi connectivity index (χ0) is 25.9. The van der Waals surface area contributed by atoms with E-state index in [9.17, 15) is 14.7 Å². The molecule has 0 aliphatic carbocycles. The topological polar surface area (TPSA) is 94.1 Å². The molecule has 3 aliphatic heterocycles. The molecule has 37 heavy (non-hydrogen) atoms. The molecule has 0 saturated carbocycles. The van der Waals surface area contributed by atoms with Crippen LogP contribution in [0.15, 0.2) is 36.4 Å². The van der Waals surface area contributed by atoms with E-state index in [-0.39, 0.29) is 24.4 Å². The van der Waals surface area contributed by atoms with Crippen molar-refractivity contribution in [3.05, 3.63) is 64.2 Å². The molecule has 3 heterocycles. The van der Waals surface area contributed by atoms with E-state index in [2.05, 4.69) is 34.7 Å². The molecule has 3 aliphatic rings. The predicted molar refractivity (Wildman–Crippen MR) is 142 cm³/mol. The fourth-order valence-corrected chi connectivity index (χ4v) is 5.74. The summed E-state index contributed by atoms with van der Waals surface area (Å²) in [6.07, 6.45) is 2.18.